The number of likely N-dealkylation sites (N-methyl/N-ethyl adjacent to an activating group) is 1. The van der Waals surface area contributed by atoms with Gasteiger partial charge < -0.3 is 5.73 Å². The molecule has 0 amide bonds. The molecule has 0 saturated carbocycles. The fraction of sp³-hybridized carbons (Fsp3) is 0.333. The number of benzene rings is 2. The predicted molar refractivity (Wildman–Crippen MR) is 93.3 cm³/mol. The molecule has 21 heavy (non-hydrogen) atoms. The Kier molecular flexibility index (Phi) is 5.57. The lowest BCUT2D eigenvalue weighted by Gasteiger charge is -2.29. The van der Waals surface area contributed by atoms with Gasteiger partial charge in [-0.15, -0.1) is 0 Å². The minimum atomic E-state index is 0.245. The van der Waals surface area contributed by atoms with Crippen LogP contribution in [0.25, 0.3) is 0 Å². The fourth-order valence-electron chi connectivity index (χ4n) is 2.73. The quantitative estimate of drug-likeness (QED) is 0.878. The van der Waals surface area contributed by atoms with Crippen molar-refractivity contribution in [2.24, 2.45) is 5.73 Å². The third-order valence-corrected chi connectivity index (χ3v) is 4.41. The summed E-state index contributed by atoms with van der Waals surface area (Å²) in [6.45, 7) is 5.80. The third-order valence-electron chi connectivity index (χ3n) is 3.88. The second kappa shape index (κ2) is 7.21. The first-order chi connectivity index (χ1) is 10.0. The Morgan fingerprint density at radius 2 is 1.76 bits per heavy atom. The van der Waals surface area contributed by atoms with E-state index in [4.69, 9.17) is 5.73 Å². The summed E-state index contributed by atoms with van der Waals surface area (Å²) in [5, 5.41) is 0. The van der Waals surface area contributed by atoms with Crippen LogP contribution in [-0.2, 0) is 6.54 Å². The van der Waals surface area contributed by atoms with Crippen molar-refractivity contribution in [2.45, 2.75) is 26.4 Å². The van der Waals surface area contributed by atoms with Gasteiger partial charge in [0, 0.05) is 23.6 Å². The molecular weight excluding hydrogens is 324 g/mol. The summed E-state index contributed by atoms with van der Waals surface area (Å²) in [5.41, 5.74) is 11.3. The first-order valence-corrected chi connectivity index (χ1v) is 8.02. The Morgan fingerprint density at radius 3 is 2.33 bits per heavy atom. The minimum Gasteiger partial charge on any atom is -0.329 e. The zero-order chi connectivity index (χ0) is 15.4. The lowest BCUT2D eigenvalue weighted by molar-refractivity contribution is 0.241. The predicted octanol–water partition coefficient (Wildman–Crippen LogP) is 4.20. The van der Waals surface area contributed by atoms with Crippen LogP contribution in [-0.4, -0.2) is 18.5 Å². The highest BCUT2D eigenvalue weighted by Crippen LogP contribution is 2.24. The largest absolute Gasteiger partial charge is 0.329 e. The van der Waals surface area contributed by atoms with Gasteiger partial charge in [-0.1, -0.05) is 51.8 Å². The molecule has 0 saturated heterocycles. The number of nitrogens with two attached hydrogens (primary N) is 1. The van der Waals surface area contributed by atoms with E-state index in [9.17, 15) is 0 Å². The van der Waals surface area contributed by atoms with Crippen molar-refractivity contribution in [3.8, 4) is 0 Å². The second-order valence-electron chi connectivity index (χ2n) is 5.65. The number of halogens is 1. The van der Waals surface area contributed by atoms with Crippen molar-refractivity contribution in [1.82, 2.24) is 4.90 Å². The summed E-state index contributed by atoms with van der Waals surface area (Å²) in [7, 11) is 2.14. The van der Waals surface area contributed by atoms with E-state index < -0.39 is 0 Å². The number of hydrogen-bond acceptors (Lipinski definition) is 2. The molecule has 2 rings (SSSR count). The molecule has 2 N–H and O–H groups in total. The van der Waals surface area contributed by atoms with Gasteiger partial charge in [-0.05, 0) is 49.7 Å². The van der Waals surface area contributed by atoms with Crippen LogP contribution in [0.5, 0.6) is 0 Å². The van der Waals surface area contributed by atoms with Gasteiger partial charge in [0.2, 0.25) is 0 Å². The van der Waals surface area contributed by atoms with Gasteiger partial charge >= 0.3 is 0 Å². The molecule has 0 heterocycles. The summed E-state index contributed by atoms with van der Waals surface area (Å²) in [6.07, 6.45) is 0. The van der Waals surface area contributed by atoms with Gasteiger partial charge in [-0.2, -0.15) is 0 Å². The highest BCUT2D eigenvalue weighted by Gasteiger charge is 2.17. The number of rotatable bonds is 5. The number of aryl methyl sites for hydroxylation is 2. The van der Waals surface area contributed by atoms with Gasteiger partial charge in [0.05, 0.1) is 0 Å². The molecule has 0 aliphatic rings. The summed E-state index contributed by atoms with van der Waals surface area (Å²) in [5.74, 6) is 0. The third kappa shape index (κ3) is 4.16. The van der Waals surface area contributed by atoms with Gasteiger partial charge in [-0.25, -0.2) is 0 Å². The van der Waals surface area contributed by atoms with Gasteiger partial charge in [-0.3, -0.25) is 4.90 Å². The minimum absolute atomic E-state index is 0.245. The maximum atomic E-state index is 6.04. The smallest absolute Gasteiger partial charge is 0.0473 e. The number of nitrogens with zero attached hydrogens (tertiary/aromatic N) is 1. The molecule has 0 bridgehead atoms. The van der Waals surface area contributed by atoms with Crippen LogP contribution in [0, 0.1) is 13.8 Å². The Balaban J connectivity index is 2.18. The molecule has 2 aromatic carbocycles. The molecule has 1 unspecified atom stereocenters. The first kappa shape index (κ1) is 16.2. The molecule has 0 fully saturated rings. The molecule has 1 atom stereocenters. The van der Waals surface area contributed by atoms with E-state index in [2.05, 4.69) is 84.2 Å². The van der Waals surface area contributed by atoms with Crippen molar-refractivity contribution < 1.29 is 0 Å². The van der Waals surface area contributed by atoms with Crippen LogP contribution < -0.4 is 5.73 Å². The molecule has 0 aromatic heterocycles. The van der Waals surface area contributed by atoms with Crippen LogP contribution >= 0.6 is 15.9 Å². The van der Waals surface area contributed by atoms with Crippen LogP contribution in [0.15, 0.2) is 46.9 Å². The van der Waals surface area contributed by atoms with E-state index in [1.165, 1.54) is 22.3 Å². The topological polar surface area (TPSA) is 29.3 Å². The van der Waals surface area contributed by atoms with E-state index in [1.807, 2.05) is 0 Å². The Hall–Kier alpha value is -1.16. The van der Waals surface area contributed by atoms with E-state index in [1.54, 1.807) is 0 Å². The van der Waals surface area contributed by atoms with Crippen LogP contribution in [0.2, 0.25) is 0 Å². The molecule has 0 radical (unpaired) electrons. The van der Waals surface area contributed by atoms with Crippen molar-refractivity contribution in [3.05, 3.63) is 69.2 Å². The summed E-state index contributed by atoms with van der Waals surface area (Å²) in [6, 6.07) is 15.3. The average molecular weight is 347 g/mol. The summed E-state index contributed by atoms with van der Waals surface area (Å²) < 4.78 is 1.11. The second-order valence-corrected chi connectivity index (χ2v) is 6.57. The van der Waals surface area contributed by atoms with Crippen LogP contribution in [0.1, 0.15) is 28.3 Å². The van der Waals surface area contributed by atoms with Crippen LogP contribution in [0.4, 0.5) is 0 Å². The van der Waals surface area contributed by atoms with E-state index >= 15 is 0 Å². The maximum absolute atomic E-state index is 6.04. The zero-order valence-electron chi connectivity index (χ0n) is 12.9. The molecule has 2 nitrogen and oxygen atoms in total. The Labute approximate surface area is 136 Å². The molecule has 3 heteroatoms. The van der Waals surface area contributed by atoms with Crippen molar-refractivity contribution in [2.75, 3.05) is 13.6 Å². The summed E-state index contributed by atoms with van der Waals surface area (Å²) in [4.78, 5) is 2.32. The van der Waals surface area contributed by atoms with E-state index in [-0.39, 0.29) is 6.04 Å². The SMILES string of the molecule is Cc1ccc(C(CN)N(C)Cc2ccc(Br)cc2)c(C)c1. The fourth-order valence-corrected chi connectivity index (χ4v) is 3.00. The molecular formula is C18H23BrN2. The van der Waals surface area contributed by atoms with Gasteiger partial charge in [0.1, 0.15) is 0 Å². The Morgan fingerprint density at radius 1 is 1.10 bits per heavy atom. The lowest BCUT2D eigenvalue weighted by atomic mass is 9.98. The Bertz CT molecular complexity index is 593. The highest BCUT2D eigenvalue weighted by molar-refractivity contribution is 9.10. The standard InChI is InChI=1S/C18H23BrN2/c1-13-4-9-17(14(2)10-13)18(11-20)21(3)12-15-5-7-16(19)8-6-15/h4-10,18H,11-12,20H2,1-3H3. The van der Waals surface area contributed by atoms with Gasteiger partial charge in [0.25, 0.3) is 0 Å². The lowest BCUT2D eigenvalue weighted by Crippen LogP contribution is -2.30. The normalized spacial score (nSPS) is 12.7. The number of hydrogen-bond donors (Lipinski definition) is 1. The van der Waals surface area contributed by atoms with Crippen molar-refractivity contribution in [1.29, 1.82) is 0 Å². The van der Waals surface area contributed by atoms with E-state index in [0.717, 1.165) is 11.0 Å². The average Bonchev–Trinajstić information content (AvgIpc) is 2.44. The molecule has 112 valence electrons. The maximum Gasteiger partial charge on any atom is 0.0473 e. The van der Waals surface area contributed by atoms with Gasteiger partial charge in [0.15, 0.2) is 0 Å². The van der Waals surface area contributed by atoms with Crippen molar-refractivity contribution >= 4 is 15.9 Å². The molecule has 0 spiro atoms. The molecule has 2 aromatic rings. The molecule has 0 aliphatic heterocycles. The first-order valence-electron chi connectivity index (χ1n) is 7.23. The highest BCUT2D eigenvalue weighted by atomic mass is 79.9. The van der Waals surface area contributed by atoms with Crippen LogP contribution in [0.3, 0.4) is 0 Å². The van der Waals surface area contributed by atoms with E-state index in [0.29, 0.717) is 6.54 Å². The molecule has 0 aliphatic carbocycles. The monoisotopic (exact) mass is 346 g/mol. The zero-order valence-corrected chi connectivity index (χ0v) is 14.5. The summed E-state index contributed by atoms with van der Waals surface area (Å²) >= 11 is 3.47. The van der Waals surface area contributed by atoms with Crippen molar-refractivity contribution in [3.63, 3.8) is 0 Å².